The molecule has 0 saturated carbocycles. The van der Waals surface area contributed by atoms with E-state index in [4.69, 9.17) is 4.74 Å². The maximum Gasteiger partial charge on any atom is 0.261 e. The maximum atomic E-state index is 12.4. The second kappa shape index (κ2) is 7.73. The van der Waals surface area contributed by atoms with Crippen LogP contribution >= 0.6 is 0 Å². The zero-order chi connectivity index (χ0) is 18.6. The summed E-state index contributed by atoms with van der Waals surface area (Å²) >= 11 is 0. The van der Waals surface area contributed by atoms with Gasteiger partial charge in [0.1, 0.15) is 5.75 Å². The van der Waals surface area contributed by atoms with Gasteiger partial charge in [0.25, 0.3) is 5.56 Å². The molecular formula is C22H26N2O2. The standard InChI is InChI=1S/C22H26N2O2/c1-22(2,3)17-10-12-18(13-11-17)26-15-7-6-14-24-16-23-20-9-5-4-8-19(20)21(24)25/h4-5,8-13,16H,6-7,14-15H2,1-3H3. The summed E-state index contributed by atoms with van der Waals surface area (Å²) in [6.45, 7) is 7.90. The summed E-state index contributed by atoms with van der Waals surface area (Å²) < 4.78 is 7.49. The normalized spacial score (nSPS) is 11.7. The minimum Gasteiger partial charge on any atom is -0.494 e. The Morgan fingerprint density at radius 3 is 2.46 bits per heavy atom. The van der Waals surface area contributed by atoms with Crippen molar-refractivity contribution in [2.24, 2.45) is 0 Å². The van der Waals surface area contributed by atoms with E-state index in [1.165, 1.54) is 5.56 Å². The van der Waals surface area contributed by atoms with Gasteiger partial charge in [-0.1, -0.05) is 45.0 Å². The molecule has 3 rings (SSSR count). The Morgan fingerprint density at radius 2 is 1.73 bits per heavy atom. The molecule has 0 aliphatic carbocycles. The molecule has 0 bridgehead atoms. The molecule has 0 amide bonds. The molecule has 0 fully saturated rings. The summed E-state index contributed by atoms with van der Waals surface area (Å²) in [5.41, 5.74) is 2.22. The summed E-state index contributed by atoms with van der Waals surface area (Å²) in [4.78, 5) is 16.8. The molecule has 0 radical (unpaired) electrons. The van der Waals surface area contributed by atoms with Crippen molar-refractivity contribution in [2.45, 2.75) is 45.6 Å². The van der Waals surface area contributed by atoms with Crippen LogP contribution in [-0.4, -0.2) is 16.2 Å². The fraction of sp³-hybridized carbons (Fsp3) is 0.364. The van der Waals surface area contributed by atoms with Crippen molar-refractivity contribution in [3.05, 3.63) is 70.8 Å². The van der Waals surface area contributed by atoms with E-state index < -0.39 is 0 Å². The molecule has 0 atom stereocenters. The lowest BCUT2D eigenvalue weighted by Gasteiger charge is -2.19. The van der Waals surface area contributed by atoms with Crippen molar-refractivity contribution in [1.82, 2.24) is 9.55 Å². The number of aromatic nitrogens is 2. The first kappa shape index (κ1) is 18.2. The van der Waals surface area contributed by atoms with Crippen molar-refractivity contribution in [3.8, 4) is 5.75 Å². The molecule has 4 nitrogen and oxygen atoms in total. The van der Waals surface area contributed by atoms with E-state index in [-0.39, 0.29) is 11.0 Å². The molecule has 0 aliphatic rings. The number of benzene rings is 2. The molecule has 2 aromatic carbocycles. The zero-order valence-corrected chi connectivity index (χ0v) is 15.7. The molecule has 26 heavy (non-hydrogen) atoms. The number of aryl methyl sites for hydroxylation is 1. The largest absolute Gasteiger partial charge is 0.494 e. The van der Waals surface area contributed by atoms with Gasteiger partial charge in [-0.2, -0.15) is 0 Å². The van der Waals surface area contributed by atoms with Crippen molar-refractivity contribution in [2.75, 3.05) is 6.61 Å². The first-order valence-corrected chi connectivity index (χ1v) is 9.13. The predicted octanol–water partition coefficient (Wildman–Crippen LogP) is 4.55. The maximum absolute atomic E-state index is 12.4. The van der Waals surface area contributed by atoms with Crippen LogP contribution in [0.25, 0.3) is 10.9 Å². The van der Waals surface area contributed by atoms with Crippen molar-refractivity contribution in [1.29, 1.82) is 0 Å². The van der Waals surface area contributed by atoms with Crippen molar-refractivity contribution < 1.29 is 4.74 Å². The predicted molar refractivity (Wildman–Crippen MR) is 106 cm³/mol. The minimum absolute atomic E-state index is 0.0225. The summed E-state index contributed by atoms with van der Waals surface area (Å²) in [6.07, 6.45) is 3.40. The van der Waals surface area contributed by atoms with Gasteiger partial charge in [-0.25, -0.2) is 4.98 Å². The van der Waals surface area contributed by atoms with Gasteiger partial charge in [-0.15, -0.1) is 0 Å². The molecule has 0 saturated heterocycles. The van der Waals surface area contributed by atoms with Crippen LogP contribution in [0.15, 0.2) is 59.7 Å². The van der Waals surface area contributed by atoms with Gasteiger partial charge < -0.3 is 4.74 Å². The number of hydrogen-bond acceptors (Lipinski definition) is 3. The van der Waals surface area contributed by atoms with Crippen LogP contribution in [0.5, 0.6) is 5.75 Å². The second-order valence-corrected chi connectivity index (χ2v) is 7.59. The Bertz CT molecular complexity index is 921. The van der Waals surface area contributed by atoms with Crippen LogP contribution in [0.1, 0.15) is 39.2 Å². The fourth-order valence-corrected chi connectivity index (χ4v) is 2.89. The molecule has 3 aromatic rings. The molecule has 136 valence electrons. The summed E-state index contributed by atoms with van der Waals surface area (Å²) in [7, 11) is 0. The van der Waals surface area contributed by atoms with Gasteiger partial charge in [0, 0.05) is 6.54 Å². The topological polar surface area (TPSA) is 44.1 Å². The molecule has 0 unspecified atom stereocenters. The van der Waals surface area contributed by atoms with Gasteiger partial charge in [0.05, 0.1) is 23.8 Å². The third kappa shape index (κ3) is 4.31. The third-order valence-electron chi connectivity index (χ3n) is 4.51. The van der Waals surface area contributed by atoms with Crippen molar-refractivity contribution >= 4 is 10.9 Å². The fourth-order valence-electron chi connectivity index (χ4n) is 2.89. The average molecular weight is 350 g/mol. The Kier molecular flexibility index (Phi) is 5.40. The first-order valence-electron chi connectivity index (χ1n) is 9.13. The van der Waals surface area contributed by atoms with Crippen LogP contribution in [0.2, 0.25) is 0 Å². The molecular weight excluding hydrogens is 324 g/mol. The molecule has 1 aromatic heterocycles. The van der Waals surface area contributed by atoms with Crippen LogP contribution < -0.4 is 10.3 Å². The highest BCUT2D eigenvalue weighted by Crippen LogP contribution is 2.24. The summed E-state index contributed by atoms with van der Waals surface area (Å²) in [5.74, 6) is 0.891. The first-order chi connectivity index (χ1) is 12.4. The molecule has 4 heteroatoms. The van der Waals surface area contributed by atoms with Gasteiger partial charge in [0.2, 0.25) is 0 Å². The lowest BCUT2D eigenvalue weighted by molar-refractivity contribution is 0.302. The van der Waals surface area contributed by atoms with Gasteiger partial charge in [0.15, 0.2) is 0 Å². The van der Waals surface area contributed by atoms with Gasteiger partial charge in [-0.3, -0.25) is 9.36 Å². The number of nitrogens with zero attached hydrogens (tertiary/aromatic N) is 2. The number of hydrogen-bond donors (Lipinski definition) is 0. The highest BCUT2D eigenvalue weighted by molar-refractivity contribution is 5.76. The van der Waals surface area contributed by atoms with E-state index in [2.05, 4.69) is 37.9 Å². The monoisotopic (exact) mass is 350 g/mol. The highest BCUT2D eigenvalue weighted by atomic mass is 16.5. The number of fused-ring (bicyclic) bond motifs is 1. The van der Waals surface area contributed by atoms with E-state index in [0.29, 0.717) is 18.5 Å². The zero-order valence-electron chi connectivity index (χ0n) is 15.7. The van der Waals surface area contributed by atoms with E-state index >= 15 is 0 Å². The van der Waals surface area contributed by atoms with E-state index in [0.717, 1.165) is 24.1 Å². The molecule has 1 heterocycles. The Balaban J connectivity index is 1.49. The molecule has 0 N–H and O–H groups in total. The number of unbranched alkanes of at least 4 members (excludes halogenated alkanes) is 1. The Hall–Kier alpha value is -2.62. The summed E-state index contributed by atoms with van der Waals surface area (Å²) in [5, 5.41) is 0.671. The minimum atomic E-state index is 0.0225. The van der Waals surface area contributed by atoms with E-state index in [9.17, 15) is 4.79 Å². The average Bonchev–Trinajstić information content (AvgIpc) is 2.63. The third-order valence-corrected chi connectivity index (χ3v) is 4.51. The Labute approximate surface area is 154 Å². The number of para-hydroxylation sites is 1. The number of ether oxygens (including phenoxy) is 1. The van der Waals surface area contributed by atoms with Crippen LogP contribution in [-0.2, 0) is 12.0 Å². The number of rotatable bonds is 6. The molecule has 0 aliphatic heterocycles. The SMILES string of the molecule is CC(C)(C)c1ccc(OCCCCn2cnc3ccccc3c2=O)cc1. The van der Waals surface area contributed by atoms with E-state index in [1.807, 2.05) is 36.4 Å². The lowest BCUT2D eigenvalue weighted by atomic mass is 9.87. The van der Waals surface area contributed by atoms with Crippen molar-refractivity contribution in [3.63, 3.8) is 0 Å². The quantitative estimate of drug-likeness (QED) is 0.613. The lowest BCUT2D eigenvalue weighted by Crippen LogP contribution is -2.20. The van der Waals surface area contributed by atoms with Gasteiger partial charge >= 0.3 is 0 Å². The molecule has 0 spiro atoms. The second-order valence-electron chi connectivity index (χ2n) is 7.59. The summed E-state index contributed by atoms with van der Waals surface area (Å²) in [6, 6.07) is 15.7. The van der Waals surface area contributed by atoms with Gasteiger partial charge in [-0.05, 0) is 48.1 Å². The van der Waals surface area contributed by atoms with Crippen LogP contribution in [0, 0.1) is 0 Å². The van der Waals surface area contributed by atoms with Crippen LogP contribution in [0.4, 0.5) is 0 Å². The Morgan fingerprint density at radius 1 is 1.00 bits per heavy atom. The highest BCUT2D eigenvalue weighted by Gasteiger charge is 2.12. The smallest absolute Gasteiger partial charge is 0.261 e. The van der Waals surface area contributed by atoms with E-state index in [1.54, 1.807) is 10.9 Å². The van der Waals surface area contributed by atoms with Crippen LogP contribution in [0.3, 0.4) is 0 Å².